The van der Waals surface area contributed by atoms with Crippen LogP contribution in [0.2, 0.25) is 0 Å². The number of anilines is 1. The van der Waals surface area contributed by atoms with E-state index < -0.39 is 0 Å². The lowest BCUT2D eigenvalue weighted by molar-refractivity contribution is -0.0819. The molecule has 3 aromatic heterocycles. The maximum atomic E-state index is 5.65. The van der Waals surface area contributed by atoms with Crippen LogP contribution in [0.1, 0.15) is 11.5 Å². The molecule has 3 aromatic rings. The standard InChI is InChI=1S/C18H20N6O3/c1-11-16(12(2)27-24-11)17-14(15-9-19-3-4-20-15)8-22-18(23-17)21-7-13-10-25-5-6-26-13/h3-4,8-9,13H,5-7,10H2,1-2H3,(H,21,22,23)/t13-/m0/s1. The van der Waals surface area contributed by atoms with Crippen molar-refractivity contribution in [2.45, 2.75) is 20.0 Å². The first-order valence-corrected chi connectivity index (χ1v) is 8.72. The third kappa shape index (κ3) is 3.79. The van der Waals surface area contributed by atoms with Crippen molar-refractivity contribution in [2.75, 3.05) is 31.7 Å². The number of hydrogen-bond acceptors (Lipinski definition) is 9. The summed E-state index contributed by atoms with van der Waals surface area (Å²) in [4.78, 5) is 17.7. The number of hydrogen-bond donors (Lipinski definition) is 1. The molecule has 9 nitrogen and oxygen atoms in total. The van der Waals surface area contributed by atoms with Gasteiger partial charge in [-0.25, -0.2) is 9.97 Å². The van der Waals surface area contributed by atoms with E-state index in [0.717, 1.165) is 16.8 Å². The number of ether oxygens (including phenoxy) is 2. The van der Waals surface area contributed by atoms with E-state index in [1.165, 1.54) is 0 Å². The lowest BCUT2D eigenvalue weighted by atomic mass is 10.0. The summed E-state index contributed by atoms with van der Waals surface area (Å²) in [6.07, 6.45) is 6.66. The van der Waals surface area contributed by atoms with Crippen molar-refractivity contribution in [3.05, 3.63) is 36.2 Å². The van der Waals surface area contributed by atoms with E-state index >= 15 is 0 Å². The molecule has 27 heavy (non-hydrogen) atoms. The smallest absolute Gasteiger partial charge is 0.223 e. The fraction of sp³-hybridized carbons (Fsp3) is 0.389. The summed E-state index contributed by atoms with van der Waals surface area (Å²) in [6, 6.07) is 0. The second-order valence-corrected chi connectivity index (χ2v) is 6.19. The van der Waals surface area contributed by atoms with Gasteiger partial charge in [-0.15, -0.1) is 0 Å². The summed E-state index contributed by atoms with van der Waals surface area (Å²) < 4.78 is 16.4. The molecule has 0 radical (unpaired) electrons. The zero-order valence-corrected chi connectivity index (χ0v) is 15.2. The molecular formula is C18H20N6O3. The predicted molar refractivity (Wildman–Crippen MR) is 97.1 cm³/mol. The fourth-order valence-corrected chi connectivity index (χ4v) is 2.96. The summed E-state index contributed by atoms with van der Waals surface area (Å²) in [7, 11) is 0. The molecular weight excluding hydrogens is 348 g/mol. The highest BCUT2D eigenvalue weighted by atomic mass is 16.6. The first kappa shape index (κ1) is 17.5. The largest absolute Gasteiger partial charge is 0.376 e. The summed E-state index contributed by atoms with van der Waals surface area (Å²) in [5.41, 5.74) is 3.73. The second-order valence-electron chi connectivity index (χ2n) is 6.19. The van der Waals surface area contributed by atoms with Crippen molar-refractivity contribution in [3.8, 4) is 22.5 Å². The van der Waals surface area contributed by atoms with Gasteiger partial charge in [0.1, 0.15) is 5.76 Å². The van der Waals surface area contributed by atoms with Gasteiger partial charge in [0.05, 0.1) is 54.8 Å². The molecule has 1 fully saturated rings. The van der Waals surface area contributed by atoms with Crippen LogP contribution >= 0.6 is 0 Å². The fourth-order valence-electron chi connectivity index (χ4n) is 2.96. The average Bonchev–Trinajstić information content (AvgIpc) is 3.06. The maximum absolute atomic E-state index is 5.65. The van der Waals surface area contributed by atoms with Crippen molar-refractivity contribution >= 4 is 5.95 Å². The Morgan fingerprint density at radius 3 is 2.78 bits per heavy atom. The topological polar surface area (TPSA) is 108 Å². The maximum Gasteiger partial charge on any atom is 0.223 e. The molecule has 0 saturated carbocycles. The molecule has 4 heterocycles. The van der Waals surface area contributed by atoms with E-state index in [2.05, 4.69) is 25.4 Å². The number of nitrogens with one attached hydrogen (secondary N) is 1. The monoisotopic (exact) mass is 368 g/mol. The molecule has 1 atom stereocenters. The Hall–Kier alpha value is -2.91. The number of aromatic nitrogens is 5. The Bertz CT molecular complexity index is 889. The van der Waals surface area contributed by atoms with Crippen molar-refractivity contribution < 1.29 is 14.0 Å². The molecule has 9 heteroatoms. The molecule has 1 N–H and O–H groups in total. The number of rotatable bonds is 5. The van der Waals surface area contributed by atoms with Gasteiger partial charge in [-0.05, 0) is 13.8 Å². The number of aryl methyl sites for hydroxylation is 2. The highest BCUT2D eigenvalue weighted by Gasteiger charge is 2.21. The highest BCUT2D eigenvalue weighted by molar-refractivity contribution is 5.80. The van der Waals surface area contributed by atoms with E-state index in [4.69, 9.17) is 19.0 Å². The number of nitrogens with zero attached hydrogens (tertiary/aromatic N) is 5. The van der Waals surface area contributed by atoms with Gasteiger partial charge in [-0.1, -0.05) is 5.16 Å². The van der Waals surface area contributed by atoms with E-state index in [0.29, 0.717) is 49.5 Å². The van der Waals surface area contributed by atoms with E-state index in [9.17, 15) is 0 Å². The summed E-state index contributed by atoms with van der Waals surface area (Å²) >= 11 is 0. The average molecular weight is 368 g/mol. The van der Waals surface area contributed by atoms with Crippen LogP contribution < -0.4 is 5.32 Å². The van der Waals surface area contributed by atoms with Gasteiger partial charge in [0.25, 0.3) is 0 Å². The lowest BCUT2D eigenvalue weighted by Crippen LogP contribution is -2.34. The molecule has 0 amide bonds. The van der Waals surface area contributed by atoms with Crippen LogP contribution in [0.4, 0.5) is 5.95 Å². The van der Waals surface area contributed by atoms with Gasteiger partial charge in [0, 0.05) is 30.7 Å². The molecule has 0 unspecified atom stereocenters. The lowest BCUT2D eigenvalue weighted by Gasteiger charge is -2.23. The van der Waals surface area contributed by atoms with Crippen molar-refractivity contribution in [1.29, 1.82) is 0 Å². The summed E-state index contributed by atoms with van der Waals surface area (Å²) in [6.45, 7) is 6.10. The van der Waals surface area contributed by atoms with Crippen molar-refractivity contribution in [3.63, 3.8) is 0 Å². The molecule has 0 spiro atoms. The highest BCUT2D eigenvalue weighted by Crippen LogP contribution is 2.33. The molecule has 1 aliphatic heterocycles. The van der Waals surface area contributed by atoms with Gasteiger partial charge in [0.2, 0.25) is 5.95 Å². The van der Waals surface area contributed by atoms with E-state index in [-0.39, 0.29) is 6.10 Å². The third-order valence-corrected chi connectivity index (χ3v) is 4.27. The van der Waals surface area contributed by atoms with Crippen LogP contribution in [0, 0.1) is 13.8 Å². The molecule has 0 aromatic carbocycles. The Labute approximate surface area is 156 Å². The van der Waals surface area contributed by atoms with Crippen molar-refractivity contribution in [1.82, 2.24) is 25.1 Å². The summed E-state index contributed by atoms with van der Waals surface area (Å²) in [5.74, 6) is 1.18. The first-order chi connectivity index (χ1) is 13.2. The SMILES string of the molecule is Cc1noc(C)c1-c1nc(NC[C@H]2COCCO2)ncc1-c1cnccn1. The van der Waals surface area contributed by atoms with Gasteiger partial charge in [-0.2, -0.15) is 0 Å². The summed E-state index contributed by atoms with van der Waals surface area (Å²) in [5, 5.41) is 7.27. The molecule has 4 rings (SSSR count). The van der Waals surface area contributed by atoms with Crippen LogP contribution in [0.3, 0.4) is 0 Å². The zero-order valence-electron chi connectivity index (χ0n) is 15.2. The Balaban J connectivity index is 1.68. The van der Waals surface area contributed by atoms with Gasteiger partial charge < -0.3 is 19.3 Å². The molecule has 140 valence electrons. The Kier molecular flexibility index (Phi) is 5.03. The minimum atomic E-state index is -0.0236. The second kappa shape index (κ2) is 7.77. The molecule has 0 aliphatic carbocycles. The zero-order chi connectivity index (χ0) is 18.6. The third-order valence-electron chi connectivity index (χ3n) is 4.27. The molecule has 1 saturated heterocycles. The quantitative estimate of drug-likeness (QED) is 0.723. The minimum absolute atomic E-state index is 0.0236. The van der Waals surface area contributed by atoms with Crippen LogP contribution in [0.25, 0.3) is 22.5 Å². The van der Waals surface area contributed by atoms with Gasteiger partial charge >= 0.3 is 0 Å². The molecule has 0 bridgehead atoms. The Morgan fingerprint density at radius 1 is 1.15 bits per heavy atom. The van der Waals surface area contributed by atoms with Gasteiger partial charge in [-0.3, -0.25) is 9.97 Å². The first-order valence-electron chi connectivity index (χ1n) is 8.72. The van der Waals surface area contributed by atoms with E-state index in [1.807, 2.05) is 13.8 Å². The van der Waals surface area contributed by atoms with E-state index in [1.54, 1.807) is 24.8 Å². The minimum Gasteiger partial charge on any atom is -0.376 e. The van der Waals surface area contributed by atoms with Crippen LogP contribution in [-0.4, -0.2) is 57.6 Å². The van der Waals surface area contributed by atoms with Crippen LogP contribution in [0.15, 0.2) is 29.3 Å². The van der Waals surface area contributed by atoms with Gasteiger partial charge in [0.15, 0.2) is 0 Å². The van der Waals surface area contributed by atoms with Crippen LogP contribution in [-0.2, 0) is 9.47 Å². The Morgan fingerprint density at radius 2 is 2.07 bits per heavy atom. The predicted octanol–water partition coefficient (Wildman–Crippen LogP) is 2.03. The van der Waals surface area contributed by atoms with Crippen LogP contribution in [0.5, 0.6) is 0 Å². The van der Waals surface area contributed by atoms with Crippen molar-refractivity contribution in [2.24, 2.45) is 0 Å². The normalized spacial score (nSPS) is 17.0. The molecule has 1 aliphatic rings.